The van der Waals surface area contributed by atoms with Gasteiger partial charge in [-0.25, -0.2) is 18.7 Å². The molecule has 4 nitrogen and oxygen atoms in total. The van der Waals surface area contributed by atoms with Crippen LogP contribution in [0.4, 0.5) is 14.7 Å². The van der Waals surface area contributed by atoms with Crippen LogP contribution in [-0.2, 0) is 0 Å². The van der Waals surface area contributed by atoms with Gasteiger partial charge in [0.25, 0.3) is 0 Å². The Morgan fingerprint density at radius 3 is 2.67 bits per heavy atom. The number of benzene rings is 2. The number of nitrogens with zero attached hydrogens (tertiary/aromatic N) is 3. The molecule has 2 aromatic carbocycles. The molecule has 1 aliphatic rings. The van der Waals surface area contributed by atoms with Crippen LogP contribution in [0.15, 0.2) is 42.5 Å². The van der Waals surface area contributed by atoms with Crippen LogP contribution >= 0.6 is 0 Å². The molecule has 1 aliphatic heterocycles. The van der Waals surface area contributed by atoms with Gasteiger partial charge in [0.15, 0.2) is 11.6 Å². The number of hydrogen-bond acceptors (Lipinski definition) is 4. The van der Waals surface area contributed by atoms with E-state index in [1.54, 1.807) is 0 Å². The van der Waals surface area contributed by atoms with Gasteiger partial charge in [0.2, 0.25) is 5.95 Å². The summed E-state index contributed by atoms with van der Waals surface area (Å²) in [6, 6.07) is 11.5. The van der Waals surface area contributed by atoms with Crippen LogP contribution in [0.2, 0.25) is 0 Å². The van der Waals surface area contributed by atoms with E-state index in [2.05, 4.69) is 9.97 Å². The molecule has 3 aromatic rings. The molecule has 0 spiro atoms. The number of anilines is 1. The van der Waals surface area contributed by atoms with E-state index >= 15 is 0 Å². The van der Waals surface area contributed by atoms with E-state index in [1.165, 1.54) is 12.1 Å². The zero-order valence-corrected chi connectivity index (χ0v) is 12.9. The molecular formula is C18H16F2N4. The van der Waals surface area contributed by atoms with Gasteiger partial charge in [0.05, 0.1) is 11.2 Å². The van der Waals surface area contributed by atoms with E-state index in [-0.39, 0.29) is 11.6 Å². The van der Waals surface area contributed by atoms with Crippen LogP contribution in [0.5, 0.6) is 0 Å². The summed E-state index contributed by atoms with van der Waals surface area (Å²) in [6.45, 7) is 1.41. The maximum Gasteiger partial charge on any atom is 0.226 e. The van der Waals surface area contributed by atoms with E-state index in [0.29, 0.717) is 29.1 Å². The third-order valence-electron chi connectivity index (χ3n) is 4.31. The summed E-state index contributed by atoms with van der Waals surface area (Å²) in [5, 5.41) is 0.689. The van der Waals surface area contributed by atoms with Crippen molar-refractivity contribution in [2.75, 3.05) is 18.0 Å². The smallest absolute Gasteiger partial charge is 0.226 e. The third-order valence-corrected chi connectivity index (χ3v) is 4.31. The van der Waals surface area contributed by atoms with Crippen molar-refractivity contribution in [2.45, 2.75) is 12.5 Å². The first kappa shape index (κ1) is 15.0. The minimum atomic E-state index is -0.898. The molecule has 1 atom stereocenters. The van der Waals surface area contributed by atoms with E-state index in [0.717, 1.165) is 19.0 Å². The highest BCUT2D eigenvalue weighted by molar-refractivity contribution is 5.93. The van der Waals surface area contributed by atoms with Gasteiger partial charge in [-0.05, 0) is 24.6 Å². The zero-order chi connectivity index (χ0) is 16.7. The standard InChI is InChI=1S/C18H16F2N4/c19-14-6-3-5-13(16(14)20)17-12-4-1-2-7-15(12)22-18(23-17)24-9-8-11(21)10-24/h1-7,11H,8-10,21H2. The first-order valence-corrected chi connectivity index (χ1v) is 7.85. The summed E-state index contributed by atoms with van der Waals surface area (Å²) < 4.78 is 28.0. The number of nitrogens with two attached hydrogens (primary N) is 1. The summed E-state index contributed by atoms with van der Waals surface area (Å²) in [5.41, 5.74) is 7.19. The van der Waals surface area contributed by atoms with Gasteiger partial charge in [-0.3, -0.25) is 0 Å². The molecule has 0 aliphatic carbocycles. The predicted molar refractivity (Wildman–Crippen MR) is 89.7 cm³/mol. The normalized spacial score (nSPS) is 17.6. The van der Waals surface area contributed by atoms with Gasteiger partial charge in [0.1, 0.15) is 0 Å². The minimum Gasteiger partial charge on any atom is -0.339 e. The fourth-order valence-electron chi connectivity index (χ4n) is 3.07. The van der Waals surface area contributed by atoms with Crippen molar-refractivity contribution in [3.63, 3.8) is 0 Å². The Morgan fingerprint density at radius 2 is 1.88 bits per heavy atom. The lowest BCUT2D eigenvalue weighted by Gasteiger charge is -2.18. The van der Waals surface area contributed by atoms with Gasteiger partial charge >= 0.3 is 0 Å². The Hall–Kier alpha value is -2.60. The fourth-order valence-corrected chi connectivity index (χ4v) is 3.07. The SMILES string of the molecule is NC1CCN(c2nc(-c3cccc(F)c3F)c3ccccc3n2)C1. The molecule has 2 N–H and O–H groups in total. The molecule has 1 saturated heterocycles. The average Bonchev–Trinajstić information content (AvgIpc) is 3.03. The zero-order valence-electron chi connectivity index (χ0n) is 12.9. The summed E-state index contributed by atoms with van der Waals surface area (Å²) in [4.78, 5) is 11.1. The van der Waals surface area contributed by atoms with Crippen LogP contribution in [-0.4, -0.2) is 29.1 Å². The second-order valence-corrected chi connectivity index (χ2v) is 5.99. The van der Waals surface area contributed by atoms with Crippen LogP contribution < -0.4 is 10.6 Å². The summed E-state index contributed by atoms with van der Waals surface area (Å²) in [5.74, 6) is -1.29. The lowest BCUT2D eigenvalue weighted by molar-refractivity contribution is 0.511. The van der Waals surface area contributed by atoms with Crippen molar-refractivity contribution in [1.29, 1.82) is 0 Å². The van der Waals surface area contributed by atoms with E-state index in [1.807, 2.05) is 29.2 Å². The van der Waals surface area contributed by atoms with Crippen molar-refractivity contribution >= 4 is 16.9 Å². The minimum absolute atomic E-state index is 0.0782. The Kier molecular flexibility index (Phi) is 3.61. The van der Waals surface area contributed by atoms with Gasteiger partial charge in [-0.2, -0.15) is 0 Å². The highest BCUT2D eigenvalue weighted by atomic mass is 19.2. The van der Waals surface area contributed by atoms with Gasteiger partial charge in [0, 0.05) is 30.1 Å². The van der Waals surface area contributed by atoms with Crippen molar-refractivity contribution in [3.8, 4) is 11.3 Å². The van der Waals surface area contributed by atoms with E-state index < -0.39 is 11.6 Å². The van der Waals surface area contributed by atoms with Crippen LogP contribution in [0.25, 0.3) is 22.2 Å². The molecule has 1 fully saturated rings. The first-order valence-electron chi connectivity index (χ1n) is 7.85. The monoisotopic (exact) mass is 326 g/mol. The van der Waals surface area contributed by atoms with Gasteiger partial charge < -0.3 is 10.6 Å². The molecule has 6 heteroatoms. The largest absolute Gasteiger partial charge is 0.339 e. The predicted octanol–water partition coefficient (Wildman–Crippen LogP) is 3.11. The number of rotatable bonds is 2. The second-order valence-electron chi connectivity index (χ2n) is 5.99. The first-order chi connectivity index (χ1) is 11.6. The maximum absolute atomic E-state index is 14.3. The lowest BCUT2D eigenvalue weighted by Crippen LogP contribution is -2.27. The fraction of sp³-hybridized carbons (Fsp3) is 0.222. The molecule has 122 valence electrons. The molecular weight excluding hydrogens is 310 g/mol. The van der Waals surface area contributed by atoms with E-state index in [4.69, 9.17) is 5.73 Å². The number of aromatic nitrogens is 2. The Bertz CT molecular complexity index is 913. The molecule has 0 amide bonds. The summed E-state index contributed by atoms with van der Waals surface area (Å²) in [6.07, 6.45) is 0.861. The van der Waals surface area contributed by atoms with Crippen molar-refractivity contribution in [1.82, 2.24) is 9.97 Å². The van der Waals surface area contributed by atoms with Crippen molar-refractivity contribution < 1.29 is 8.78 Å². The molecule has 0 bridgehead atoms. The topological polar surface area (TPSA) is 55.0 Å². The molecule has 1 unspecified atom stereocenters. The average molecular weight is 326 g/mol. The molecule has 4 rings (SSSR count). The molecule has 2 heterocycles. The number of fused-ring (bicyclic) bond motifs is 1. The molecule has 0 radical (unpaired) electrons. The lowest BCUT2D eigenvalue weighted by atomic mass is 10.1. The highest BCUT2D eigenvalue weighted by Crippen LogP contribution is 2.31. The van der Waals surface area contributed by atoms with E-state index in [9.17, 15) is 8.78 Å². The quantitative estimate of drug-likeness (QED) is 0.786. The van der Waals surface area contributed by atoms with Crippen molar-refractivity contribution in [2.24, 2.45) is 5.73 Å². The van der Waals surface area contributed by atoms with Gasteiger partial charge in [-0.15, -0.1) is 0 Å². The molecule has 0 saturated carbocycles. The maximum atomic E-state index is 14.3. The number of para-hydroxylation sites is 1. The summed E-state index contributed by atoms with van der Waals surface area (Å²) >= 11 is 0. The van der Waals surface area contributed by atoms with Crippen LogP contribution in [0.1, 0.15) is 6.42 Å². The van der Waals surface area contributed by atoms with Crippen LogP contribution in [0, 0.1) is 11.6 Å². The second kappa shape index (κ2) is 5.79. The Labute approximate surface area is 137 Å². The Morgan fingerprint density at radius 1 is 1.04 bits per heavy atom. The summed E-state index contributed by atoms with van der Waals surface area (Å²) in [7, 11) is 0. The number of halogens is 2. The highest BCUT2D eigenvalue weighted by Gasteiger charge is 2.23. The van der Waals surface area contributed by atoms with Gasteiger partial charge in [-0.1, -0.05) is 24.3 Å². The molecule has 1 aromatic heterocycles. The molecule has 24 heavy (non-hydrogen) atoms. The Balaban J connectivity index is 1.94. The van der Waals surface area contributed by atoms with Crippen LogP contribution in [0.3, 0.4) is 0 Å². The van der Waals surface area contributed by atoms with Crippen molar-refractivity contribution in [3.05, 3.63) is 54.1 Å². The number of hydrogen-bond donors (Lipinski definition) is 1. The third kappa shape index (κ3) is 2.49.